The third-order valence-corrected chi connectivity index (χ3v) is 5.48. The SMILES string of the molecule is CC(C)=CCCC1(C)C2CC1(O)CCC2(O)CO. The van der Waals surface area contributed by atoms with Gasteiger partial charge in [0.1, 0.15) is 0 Å². The molecular weight excluding hydrogens is 228 g/mol. The highest BCUT2D eigenvalue weighted by Crippen LogP contribution is 2.67. The van der Waals surface area contributed by atoms with E-state index in [0.29, 0.717) is 19.3 Å². The van der Waals surface area contributed by atoms with Crippen LogP contribution in [0, 0.1) is 11.3 Å². The van der Waals surface area contributed by atoms with E-state index < -0.39 is 11.2 Å². The van der Waals surface area contributed by atoms with Gasteiger partial charge in [-0.15, -0.1) is 0 Å². The second-order valence-electron chi connectivity index (χ2n) is 6.79. The van der Waals surface area contributed by atoms with Crippen LogP contribution in [0.4, 0.5) is 0 Å². The molecule has 0 aromatic heterocycles. The van der Waals surface area contributed by atoms with E-state index in [4.69, 9.17) is 0 Å². The molecule has 3 N–H and O–H groups in total. The summed E-state index contributed by atoms with van der Waals surface area (Å²) in [4.78, 5) is 0. The highest BCUT2D eigenvalue weighted by molar-refractivity contribution is 5.20. The van der Waals surface area contributed by atoms with Gasteiger partial charge < -0.3 is 15.3 Å². The largest absolute Gasteiger partial charge is 0.393 e. The lowest BCUT2D eigenvalue weighted by Crippen LogP contribution is -2.73. The first kappa shape index (κ1) is 14.0. The number of allylic oxidation sites excluding steroid dienone is 2. The summed E-state index contributed by atoms with van der Waals surface area (Å²) >= 11 is 0. The Morgan fingerprint density at radius 1 is 1.28 bits per heavy atom. The fourth-order valence-corrected chi connectivity index (χ4v) is 4.01. The van der Waals surface area contributed by atoms with Gasteiger partial charge in [-0.3, -0.25) is 0 Å². The number of aliphatic hydroxyl groups is 3. The third kappa shape index (κ3) is 1.84. The molecule has 0 aromatic carbocycles. The van der Waals surface area contributed by atoms with Gasteiger partial charge in [-0.25, -0.2) is 0 Å². The van der Waals surface area contributed by atoms with Crippen molar-refractivity contribution in [1.29, 1.82) is 0 Å². The number of rotatable bonds is 4. The van der Waals surface area contributed by atoms with Crippen LogP contribution in [0.25, 0.3) is 0 Å². The highest BCUT2D eigenvalue weighted by Gasteiger charge is 2.70. The molecule has 2 bridgehead atoms. The summed E-state index contributed by atoms with van der Waals surface area (Å²) in [5.74, 6) is 0.0271. The van der Waals surface area contributed by atoms with Crippen molar-refractivity contribution < 1.29 is 15.3 Å². The van der Waals surface area contributed by atoms with Crippen molar-refractivity contribution in [3.8, 4) is 0 Å². The number of hydrogen-bond acceptors (Lipinski definition) is 3. The Hall–Kier alpha value is -0.380. The topological polar surface area (TPSA) is 60.7 Å². The quantitative estimate of drug-likeness (QED) is 0.673. The Morgan fingerprint density at radius 3 is 2.44 bits per heavy atom. The summed E-state index contributed by atoms with van der Waals surface area (Å²) in [6.07, 6.45) is 5.74. The fraction of sp³-hybridized carbons (Fsp3) is 0.867. The summed E-state index contributed by atoms with van der Waals surface area (Å²) < 4.78 is 0. The summed E-state index contributed by atoms with van der Waals surface area (Å²) in [6.45, 7) is 6.02. The molecule has 3 saturated carbocycles. The molecule has 0 spiro atoms. The van der Waals surface area contributed by atoms with Crippen LogP contribution >= 0.6 is 0 Å². The highest BCUT2D eigenvalue weighted by atomic mass is 16.3. The Morgan fingerprint density at radius 2 is 1.94 bits per heavy atom. The normalized spacial score (nSPS) is 46.4. The summed E-state index contributed by atoms with van der Waals surface area (Å²) in [5.41, 5.74) is -0.583. The number of hydrogen-bond donors (Lipinski definition) is 3. The van der Waals surface area contributed by atoms with Gasteiger partial charge in [0.2, 0.25) is 0 Å². The molecule has 3 heteroatoms. The van der Waals surface area contributed by atoms with Crippen LogP contribution in [0.5, 0.6) is 0 Å². The molecule has 0 radical (unpaired) electrons. The monoisotopic (exact) mass is 254 g/mol. The Balaban J connectivity index is 2.13. The van der Waals surface area contributed by atoms with Crippen molar-refractivity contribution in [2.75, 3.05) is 6.61 Å². The number of aliphatic hydroxyl groups excluding tert-OH is 1. The minimum Gasteiger partial charge on any atom is -0.393 e. The molecule has 3 nitrogen and oxygen atoms in total. The summed E-state index contributed by atoms with van der Waals surface area (Å²) in [5, 5.41) is 30.5. The predicted molar refractivity (Wildman–Crippen MR) is 71.1 cm³/mol. The smallest absolute Gasteiger partial charge is 0.0913 e. The summed E-state index contributed by atoms with van der Waals surface area (Å²) in [6, 6.07) is 0. The fourth-order valence-electron chi connectivity index (χ4n) is 4.01. The van der Waals surface area contributed by atoms with E-state index in [1.807, 2.05) is 0 Å². The van der Waals surface area contributed by atoms with Gasteiger partial charge in [-0.05, 0) is 46.0 Å². The van der Waals surface area contributed by atoms with Crippen molar-refractivity contribution in [3.63, 3.8) is 0 Å². The molecule has 3 aliphatic carbocycles. The molecule has 0 heterocycles. The van der Waals surface area contributed by atoms with E-state index in [1.54, 1.807) is 0 Å². The zero-order valence-electron chi connectivity index (χ0n) is 11.7. The van der Waals surface area contributed by atoms with E-state index in [1.165, 1.54) is 5.57 Å². The molecule has 0 aromatic rings. The van der Waals surface area contributed by atoms with Crippen molar-refractivity contribution in [1.82, 2.24) is 0 Å². The van der Waals surface area contributed by atoms with Crippen LogP contribution in [-0.4, -0.2) is 33.1 Å². The van der Waals surface area contributed by atoms with Crippen LogP contribution < -0.4 is 0 Å². The second kappa shape index (κ2) is 4.32. The zero-order chi connectivity index (χ0) is 13.6. The first-order chi connectivity index (χ1) is 8.27. The van der Waals surface area contributed by atoms with E-state index >= 15 is 0 Å². The molecule has 4 atom stereocenters. The van der Waals surface area contributed by atoms with Crippen molar-refractivity contribution in [3.05, 3.63) is 11.6 Å². The average molecular weight is 254 g/mol. The second-order valence-corrected chi connectivity index (χ2v) is 6.79. The molecular formula is C15H26O3. The maximum Gasteiger partial charge on any atom is 0.0913 e. The van der Waals surface area contributed by atoms with Gasteiger partial charge >= 0.3 is 0 Å². The van der Waals surface area contributed by atoms with E-state index in [0.717, 1.165) is 12.8 Å². The van der Waals surface area contributed by atoms with E-state index in [2.05, 4.69) is 26.8 Å². The van der Waals surface area contributed by atoms with Gasteiger partial charge in [0, 0.05) is 11.3 Å². The lowest BCUT2D eigenvalue weighted by molar-refractivity contribution is -0.306. The van der Waals surface area contributed by atoms with Gasteiger partial charge in [-0.1, -0.05) is 18.6 Å². The molecule has 0 amide bonds. The average Bonchev–Trinajstić information content (AvgIpc) is 2.31. The Labute approximate surface area is 110 Å². The van der Waals surface area contributed by atoms with E-state index in [9.17, 15) is 15.3 Å². The van der Waals surface area contributed by atoms with Gasteiger partial charge in [0.05, 0.1) is 17.8 Å². The maximum atomic E-state index is 10.6. The van der Waals surface area contributed by atoms with Crippen LogP contribution in [0.15, 0.2) is 11.6 Å². The van der Waals surface area contributed by atoms with Crippen LogP contribution in [0.3, 0.4) is 0 Å². The van der Waals surface area contributed by atoms with E-state index in [-0.39, 0.29) is 17.9 Å². The Kier molecular flexibility index (Phi) is 3.37. The molecule has 0 aliphatic heterocycles. The molecule has 3 rings (SSSR count). The zero-order valence-corrected chi connectivity index (χ0v) is 11.7. The minimum atomic E-state index is -0.982. The molecule has 3 aliphatic rings. The van der Waals surface area contributed by atoms with Gasteiger partial charge in [-0.2, -0.15) is 0 Å². The first-order valence-electron chi connectivity index (χ1n) is 6.96. The standard InChI is InChI=1S/C15H26O3/c1-11(2)5-4-6-13(3)12-9-15(13,18)8-7-14(12,17)10-16/h5,12,16-18H,4,6-10H2,1-3H3. The van der Waals surface area contributed by atoms with Crippen molar-refractivity contribution in [2.24, 2.45) is 11.3 Å². The maximum absolute atomic E-state index is 10.6. The Bertz CT molecular complexity index is 357. The van der Waals surface area contributed by atoms with Crippen LogP contribution in [0.2, 0.25) is 0 Å². The molecule has 4 unspecified atom stereocenters. The van der Waals surface area contributed by atoms with Crippen LogP contribution in [0.1, 0.15) is 52.9 Å². The minimum absolute atomic E-state index is 0.0271. The summed E-state index contributed by atoms with van der Waals surface area (Å²) in [7, 11) is 0. The lowest BCUT2D eigenvalue weighted by Gasteiger charge is -2.69. The van der Waals surface area contributed by atoms with Gasteiger partial charge in [0.25, 0.3) is 0 Å². The third-order valence-electron chi connectivity index (χ3n) is 5.48. The van der Waals surface area contributed by atoms with Crippen molar-refractivity contribution >= 4 is 0 Å². The number of fused-ring (bicyclic) bond motifs is 2. The molecule has 3 fully saturated rings. The van der Waals surface area contributed by atoms with Gasteiger partial charge in [0.15, 0.2) is 0 Å². The van der Waals surface area contributed by atoms with Crippen LogP contribution in [-0.2, 0) is 0 Å². The lowest BCUT2D eigenvalue weighted by atomic mass is 9.40. The molecule has 18 heavy (non-hydrogen) atoms. The predicted octanol–water partition coefficient (Wildman–Crippen LogP) is 2.01. The molecule has 104 valence electrons. The van der Waals surface area contributed by atoms with Crippen molar-refractivity contribution in [2.45, 2.75) is 64.1 Å². The first-order valence-corrected chi connectivity index (χ1v) is 6.96. The molecule has 0 saturated heterocycles.